The summed E-state index contributed by atoms with van der Waals surface area (Å²) in [5.41, 5.74) is 1.61. The Balaban J connectivity index is 1.58. The number of carbonyl (C=O) groups is 2. The van der Waals surface area contributed by atoms with E-state index in [0.29, 0.717) is 11.3 Å². The highest BCUT2D eigenvalue weighted by Gasteiger charge is 2.34. The minimum atomic E-state index is -1.02. The molecule has 198 valence electrons. The molecule has 3 aromatic rings. The maximum absolute atomic E-state index is 12.7. The molecule has 0 spiro atoms. The molecule has 2 amide bonds. The summed E-state index contributed by atoms with van der Waals surface area (Å²) in [6.07, 6.45) is 0.810. The Morgan fingerprint density at radius 2 is 1.68 bits per heavy atom. The highest BCUT2D eigenvalue weighted by atomic mass is 32.2. The van der Waals surface area contributed by atoms with Gasteiger partial charge >= 0.3 is 5.69 Å². The predicted molar refractivity (Wildman–Crippen MR) is 148 cm³/mol. The number of benzene rings is 2. The van der Waals surface area contributed by atoms with Gasteiger partial charge in [-0.05, 0) is 41.2 Å². The quantitative estimate of drug-likeness (QED) is 0.298. The summed E-state index contributed by atoms with van der Waals surface area (Å²) in [5.74, 6) is -1.04. The monoisotopic (exact) mass is 535 g/mol. The molecule has 5 N–H and O–H groups in total. The van der Waals surface area contributed by atoms with Crippen molar-refractivity contribution < 1.29 is 14.7 Å². The van der Waals surface area contributed by atoms with Crippen molar-refractivity contribution in [3.63, 3.8) is 0 Å². The highest BCUT2D eigenvalue weighted by Crippen LogP contribution is 2.32. The topological polar surface area (TPSA) is 157 Å². The van der Waals surface area contributed by atoms with Crippen molar-refractivity contribution in [3.8, 4) is 5.88 Å². The molecule has 2 atom stereocenters. The normalized spacial score (nSPS) is 17.0. The molecule has 1 aliphatic rings. The molecule has 0 aliphatic carbocycles. The van der Waals surface area contributed by atoms with Gasteiger partial charge < -0.3 is 15.7 Å². The van der Waals surface area contributed by atoms with Crippen LogP contribution >= 0.6 is 11.8 Å². The lowest BCUT2D eigenvalue weighted by Gasteiger charge is -2.15. The Labute approximate surface area is 223 Å². The first-order chi connectivity index (χ1) is 18.1. The molecule has 38 heavy (non-hydrogen) atoms. The smallest absolute Gasteiger partial charge is 0.328 e. The van der Waals surface area contributed by atoms with Gasteiger partial charge in [-0.2, -0.15) is 0 Å². The second-order valence-corrected chi connectivity index (χ2v) is 10.4. The maximum Gasteiger partial charge on any atom is 0.328 e. The van der Waals surface area contributed by atoms with Gasteiger partial charge in [-0.1, -0.05) is 68.9 Å². The predicted octanol–water partition coefficient (Wildman–Crippen LogP) is 3.16. The number of nitrogens with zero attached hydrogens (tertiary/aromatic N) is 1. The van der Waals surface area contributed by atoms with Crippen molar-refractivity contribution in [2.75, 3.05) is 5.32 Å². The number of aromatic hydroxyl groups is 1. The van der Waals surface area contributed by atoms with Gasteiger partial charge in [0.05, 0.1) is 0 Å². The van der Waals surface area contributed by atoms with Crippen molar-refractivity contribution >= 4 is 34.4 Å². The van der Waals surface area contributed by atoms with Gasteiger partial charge in [-0.3, -0.25) is 24.4 Å². The van der Waals surface area contributed by atoms with E-state index in [0.717, 1.165) is 29.3 Å². The number of H-pyrrole nitrogens is 2. The molecular formula is C27H29N5O5S. The fraction of sp³-hybridized carbons (Fsp3) is 0.296. The lowest BCUT2D eigenvalue weighted by atomic mass is 9.96. The number of aromatic amines is 2. The van der Waals surface area contributed by atoms with E-state index < -0.39 is 34.3 Å². The second-order valence-electron chi connectivity index (χ2n) is 9.23. The molecule has 0 bridgehead atoms. The molecule has 10 nitrogen and oxygen atoms in total. The van der Waals surface area contributed by atoms with E-state index in [-0.39, 0.29) is 29.0 Å². The van der Waals surface area contributed by atoms with Gasteiger partial charge in [0.1, 0.15) is 16.9 Å². The van der Waals surface area contributed by atoms with E-state index in [1.807, 2.05) is 57.2 Å². The molecule has 1 aliphatic heterocycles. The Hall–Kier alpha value is -4.12. The molecule has 2 aromatic carbocycles. The van der Waals surface area contributed by atoms with Gasteiger partial charge in [-0.25, -0.2) is 9.79 Å². The summed E-state index contributed by atoms with van der Waals surface area (Å²) in [6, 6.07) is 13.8. The third kappa shape index (κ3) is 6.23. The van der Waals surface area contributed by atoms with Crippen molar-refractivity contribution in [3.05, 3.63) is 91.6 Å². The molecule has 2 heterocycles. The Morgan fingerprint density at radius 3 is 2.29 bits per heavy atom. The number of hydrogen-bond donors (Lipinski definition) is 5. The zero-order valence-corrected chi connectivity index (χ0v) is 22.0. The number of carbonyl (C=O) groups excluding carboxylic acids is 2. The number of aryl methyl sites for hydroxylation is 1. The van der Waals surface area contributed by atoms with Crippen LogP contribution in [0.2, 0.25) is 0 Å². The van der Waals surface area contributed by atoms with E-state index in [9.17, 15) is 24.3 Å². The average Bonchev–Trinajstić information content (AvgIpc) is 3.21. The minimum Gasteiger partial charge on any atom is -0.494 e. The molecule has 11 heteroatoms. The lowest BCUT2D eigenvalue weighted by molar-refractivity contribution is -0.122. The number of aromatic nitrogens is 2. The van der Waals surface area contributed by atoms with Gasteiger partial charge in [0.15, 0.2) is 5.17 Å². The van der Waals surface area contributed by atoms with Crippen molar-refractivity contribution in [1.29, 1.82) is 0 Å². The molecular weight excluding hydrogens is 506 g/mol. The van der Waals surface area contributed by atoms with E-state index in [1.165, 1.54) is 0 Å². The summed E-state index contributed by atoms with van der Waals surface area (Å²) >= 11 is 1.07. The third-order valence-corrected chi connectivity index (χ3v) is 7.29. The van der Waals surface area contributed by atoms with Crippen molar-refractivity contribution in [2.45, 2.75) is 50.8 Å². The number of aliphatic imine (C=N–C) groups is 1. The Morgan fingerprint density at radius 1 is 1.03 bits per heavy atom. The number of hydrogen-bond acceptors (Lipinski definition) is 7. The molecule has 4 rings (SSSR count). The number of rotatable bonds is 8. The van der Waals surface area contributed by atoms with Crippen LogP contribution in [-0.4, -0.2) is 37.3 Å². The Bertz CT molecular complexity index is 1480. The molecule has 0 radical (unpaired) electrons. The summed E-state index contributed by atoms with van der Waals surface area (Å²) in [5, 5.41) is 15.4. The van der Waals surface area contributed by atoms with Crippen LogP contribution in [0.15, 0.2) is 63.1 Å². The van der Waals surface area contributed by atoms with Crippen LogP contribution < -0.4 is 21.9 Å². The molecule has 1 fully saturated rings. The van der Waals surface area contributed by atoms with Gasteiger partial charge in [0, 0.05) is 12.1 Å². The lowest BCUT2D eigenvalue weighted by Crippen LogP contribution is -2.29. The maximum atomic E-state index is 12.7. The van der Waals surface area contributed by atoms with Gasteiger partial charge in [-0.15, -0.1) is 0 Å². The second kappa shape index (κ2) is 11.5. The zero-order valence-electron chi connectivity index (χ0n) is 21.2. The van der Waals surface area contributed by atoms with E-state index >= 15 is 0 Å². The number of amidine groups is 1. The van der Waals surface area contributed by atoms with E-state index in [1.54, 1.807) is 12.1 Å². The zero-order chi connectivity index (χ0) is 27.4. The van der Waals surface area contributed by atoms with Crippen molar-refractivity contribution in [2.24, 2.45) is 4.99 Å². The number of anilines is 1. The summed E-state index contributed by atoms with van der Waals surface area (Å²) in [6.45, 7) is 6.14. The first-order valence-electron chi connectivity index (χ1n) is 12.2. The average molecular weight is 536 g/mol. The van der Waals surface area contributed by atoms with Crippen LogP contribution in [0.5, 0.6) is 5.88 Å². The summed E-state index contributed by atoms with van der Waals surface area (Å²) < 4.78 is 0. The fourth-order valence-electron chi connectivity index (χ4n) is 4.03. The number of amides is 2. The molecule has 0 unspecified atom stereocenters. The van der Waals surface area contributed by atoms with E-state index in [2.05, 4.69) is 25.6 Å². The van der Waals surface area contributed by atoms with Crippen molar-refractivity contribution in [1.82, 2.24) is 15.3 Å². The van der Waals surface area contributed by atoms with Crippen LogP contribution in [0.25, 0.3) is 0 Å². The number of thioether (sulfide) groups is 1. The van der Waals surface area contributed by atoms with Crippen LogP contribution in [0, 0.1) is 0 Å². The first-order valence-corrected chi connectivity index (χ1v) is 13.1. The first kappa shape index (κ1) is 26.9. The van der Waals surface area contributed by atoms with Crippen LogP contribution in [-0.2, 0) is 16.0 Å². The minimum absolute atomic E-state index is 0.0801. The third-order valence-electron chi connectivity index (χ3n) is 6.19. The van der Waals surface area contributed by atoms with E-state index in [4.69, 9.17) is 0 Å². The summed E-state index contributed by atoms with van der Waals surface area (Å²) in [4.78, 5) is 58.4. The molecule has 0 saturated carbocycles. The van der Waals surface area contributed by atoms with Crippen LogP contribution in [0.4, 0.5) is 5.69 Å². The largest absolute Gasteiger partial charge is 0.494 e. The summed E-state index contributed by atoms with van der Waals surface area (Å²) in [7, 11) is 0. The van der Waals surface area contributed by atoms with Crippen LogP contribution in [0.1, 0.15) is 61.4 Å². The Kier molecular flexibility index (Phi) is 8.16. The highest BCUT2D eigenvalue weighted by molar-refractivity contribution is 8.15. The van der Waals surface area contributed by atoms with Gasteiger partial charge in [0.25, 0.3) is 5.56 Å². The molecule has 1 saturated heterocycles. The standard InChI is InChI=1S/C27H29N5O5S/c1-4-15-5-11-18(12-6-15)28-20(33)13-19-23(34)32-27(38-19)29-22(17-9-7-16(8-10-17)14(2)3)21-24(35)30-26(37)31-25(21)36/h5-12,14,19,22H,4,13H2,1-3H3,(H,28,33)(H,29,32,34)(H3,30,31,35,36,37)/t19-,22+/m0/s1. The SMILES string of the molecule is CCc1ccc(NC(=O)C[C@@H]2SC(=N[C@H](c3ccc(C(C)C)cc3)c3c(O)[nH]c(=O)[nH]c3=O)NC2=O)cc1. The fourth-order valence-corrected chi connectivity index (χ4v) is 5.02. The van der Waals surface area contributed by atoms with Gasteiger partial charge in [0.2, 0.25) is 17.7 Å². The van der Waals surface area contributed by atoms with Crippen LogP contribution in [0.3, 0.4) is 0 Å². The molecule has 1 aromatic heterocycles. The number of nitrogens with one attached hydrogen (secondary N) is 4.